The number of rotatable bonds is 5. The number of methoxy groups -OCH3 is 1. The van der Waals surface area contributed by atoms with Gasteiger partial charge in [-0.25, -0.2) is 4.98 Å². The molecule has 4 rings (SSSR count). The topological polar surface area (TPSA) is 74.3 Å². The second-order valence-electron chi connectivity index (χ2n) is 7.56. The van der Waals surface area contributed by atoms with Crippen LogP contribution in [0.2, 0.25) is 0 Å². The zero-order chi connectivity index (χ0) is 18.8. The van der Waals surface area contributed by atoms with E-state index in [-0.39, 0.29) is 0 Å². The number of hydrogen-bond acceptors (Lipinski definition) is 6. The maximum absolute atomic E-state index is 9.02. The lowest BCUT2D eigenvalue weighted by molar-refractivity contribution is 0.0737. The number of furan rings is 1. The minimum absolute atomic E-state index is 0.307. The summed E-state index contributed by atoms with van der Waals surface area (Å²) in [5.41, 5.74) is 0.630. The number of aromatic nitrogens is 1. The van der Waals surface area contributed by atoms with E-state index in [2.05, 4.69) is 31.1 Å². The molecule has 1 aliphatic heterocycles. The summed E-state index contributed by atoms with van der Waals surface area (Å²) in [7, 11) is 1.80. The Hall–Kier alpha value is -1.62. The van der Waals surface area contributed by atoms with Gasteiger partial charge in [-0.15, -0.1) is 0 Å². The van der Waals surface area contributed by atoms with Gasteiger partial charge >= 0.3 is 0 Å². The molecule has 27 heavy (non-hydrogen) atoms. The summed E-state index contributed by atoms with van der Waals surface area (Å²) >= 11 is 3.63. The molecule has 1 unspecified atom stereocenters. The van der Waals surface area contributed by atoms with E-state index < -0.39 is 0 Å². The van der Waals surface area contributed by atoms with Crippen LogP contribution in [-0.4, -0.2) is 48.3 Å². The van der Waals surface area contributed by atoms with Crippen LogP contribution in [0.1, 0.15) is 44.3 Å². The maximum Gasteiger partial charge on any atom is 0.204 e. The standard InChI is InChI=1S/C20H25BrN4O2/c1-26-12-15-3-2-8-25(15)14-6-4-13(5-7-14)24-20-19(21)17-9-16(10-22)27-18(17)11-23-20/h9,11,13-15H,2-8,12H2,1H3,(H,23,24). The molecule has 6 nitrogen and oxygen atoms in total. The zero-order valence-electron chi connectivity index (χ0n) is 15.6. The molecule has 7 heteroatoms. The Morgan fingerprint density at radius 3 is 2.93 bits per heavy atom. The number of likely N-dealkylation sites (tertiary alicyclic amines) is 1. The molecule has 1 N–H and O–H groups in total. The molecule has 0 amide bonds. The number of nitriles is 1. The largest absolute Gasteiger partial charge is 0.444 e. The smallest absolute Gasteiger partial charge is 0.204 e. The summed E-state index contributed by atoms with van der Waals surface area (Å²) in [4.78, 5) is 7.17. The number of hydrogen-bond donors (Lipinski definition) is 1. The van der Waals surface area contributed by atoms with Gasteiger partial charge < -0.3 is 14.5 Å². The molecule has 2 aromatic rings. The Bertz CT molecular complexity index is 838. The number of nitrogens with zero attached hydrogens (tertiary/aromatic N) is 3. The van der Waals surface area contributed by atoms with Crippen LogP contribution in [0, 0.1) is 11.3 Å². The van der Waals surface area contributed by atoms with E-state index in [4.69, 9.17) is 14.4 Å². The van der Waals surface area contributed by atoms with Gasteiger partial charge in [0.05, 0.1) is 17.3 Å². The highest BCUT2D eigenvalue weighted by Gasteiger charge is 2.33. The Morgan fingerprint density at radius 2 is 2.19 bits per heavy atom. The van der Waals surface area contributed by atoms with Crippen molar-refractivity contribution in [1.29, 1.82) is 5.26 Å². The Labute approximate surface area is 168 Å². The average Bonchev–Trinajstić information content (AvgIpc) is 3.32. The van der Waals surface area contributed by atoms with Gasteiger partial charge in [0.2, 0.25) is 5.76 Å². The van der Waals surface area contributed by atoms with Crippen molar-refractivity contribution in [2.45, 2.75) is 56.7 Å². The summed E-state index contributed by atoms with van der Waals surface area (Å²) in [6.45, 7) is 2.06. The van der Waals surface area contributed by atoms with E-state index in [1.807, 2.05) is 6.07 Å². The molecular weight excluding hydrogens is 408 g/mol. The Balaban J connectivity index is 1.39. The monoisotopic (exact) mass is 432 g/mol. The van der Waals surface area contributed by atoms with Gasteiger partial charge in [0.25, 0.3) is 0 Å². The summed E-state index contributed by atoms with van der Waals surface area (Å²) in [6, 6.07) is 5.49. The van der Waals surface area contributed by atoms with E-state index in [1.54, 1.807) is 19.4 Å². The van der Waals surface area contributed by atoms with Crippen LogP contribution in [0.25, 0.3) is 11.0 Å². The quantitative estimate of drug-likeness (QED) is 0.758. The summed E-state index contributed by atoms with van der Waals surface area (Å²) in [5, 5.41) is 13.5. The number of halogens is 1. The van der Waals surface area contributed by atoms with Crippen LogP contribution >= 0.6 is 15.9 Å². The molecule has 3 heterocycles. The van der Waals surface area contributed by atoms with Crippen molar-refractivity contribution < 1.29 is 9.15 Å². The fourth-order valence-electron chi connectivity index (χ4n) is 4.59. The van der Waals surface area contributed by atoms with E-state index in [0.717, 1.165) is 35.1 Å². The Morgan fingerprint density at radius 1 is 1.37 bits per heavy atom. The minimum atomic E-state index is 0.307. The maximum atomic E-state index is 9.02. The highest BCUT2D eigenvalue weighted by Crippen LogP contribution is 2.34. The number of anilines is 1. The predicted octanol–water partition coefficient (Wildman–Crippen LogP) is 4.30. The number of fused-ring (bicyclic) bond motifs is 1. The van der Waals surface area contributed by atoms with Gasteiger partial charge in [-0.3, -0.25) is 4.90 Å². The van der Waals surface area contributed by atoms with Gasteiger partial charge in [0.15, 0.2) is 5.58 Å². The molecule has 2 aliphatic rings. The van der Waals surface area contributed by atoms with Crippen LogP contribution < -0.4 is 5.32 Å². The van der Waals surface area contributed by atoms with Crippen LogP contribution in [0.15, 0.2) is 21.2 Å². The number of pyridine rings is 1. The summed E-state index contributed by atoms with van der Waals surface area (Å²) in [6.07, 6.45) is 8.94. The third-order valence-electron chi connectivity index (χ3n) is 5.91. The molecule has 2 aromatic heterocycles. The highest BCUT2D eigenvalue weighted by molar-refractivity contribution is 9.10. The van der Waals surface area contributed by atoms with Crippen molar-refractivity contribution in [3.63, 3.8) is 0 Å². The molecule has 1 atom stereocenters. The summed E-state index contributed by atoms with van der Waals surface area (Å²) in [5.74, 6) is 1.14. The minimum Gasteiger partial charge on any atom is -0.444 e. The molecule has 0 aromatic carbocycles. The molecule has 1 aliphatic carbocycles. The van der Waals surface area contributed by atoms with E-state index in [9.17, 15) is 0 Å². The molecule has 1 saturated carbocycles. The van der Waals surface area contributed by atoms with Crippen LogP contribution in [-0.2, 0) is 4.74 Å². The van der Waals surface area contributed by atoms with Crippen molar-refractivity contribution in [1.82, 2.24) is 9.88 Å². The van der Waals surface area contributed by atoms with E-state index in [1.165, 1.54) is 32.2 Å². The molecule has 0 spiro atoms. The predicted molar refractivity (Wildman–Crippen MR) is 108 cm³/mol. The van der Waals surface area contributed by atoms with Crippen molar-refractivity contribution in [3.05, 3.63) is 22.5 Å². The van der Waals surface area contributed by atoms with Crippen LogP contribution in [0.3, 0.4) is 0 Å². The van der Waals surface area contributed by atoms with Gasteiger partial charge in [0, 0.05) is 36.7 Å². The van der Waals surface area contributed by atoms with E-state index in [0.29, 0.717) is 29.5 Å². The van der Waals surface area contributed by atoms with E-state index >= 15 is 0 Å². The van der Waals surface area contributed by atoms with Gasteiger partial charge in [-0.2, -0.15) is 5.26 Å². The fourth-order valence-corrected chi connectivity index (χ4v) is 5.12. The first kappa shape index (κ1) is 18.7. The first-order chi connectivity index (χ1) is 13.2. The SMILES string of the molecule is COCC1CCCN1C1CCC(Nc2ncc3oc(C#N)cc3c2Br)CC1. The first-order valence-electron chi connectivity index (χ1n) is 9.69. The molecule has 144 valence electrons. The third kappa shape index (κ3) is 3.84. The van der Waals surface area contributed by atoms with Crippen molar-refractivity contribution in [2.75, 3.05) is 25.6 Å². The molecule has 2 fully saturated rings. The fraction of sp³-hybridized carbons (Fsp3) is 0.600. The van der Waals surface area contributed by atoms with Crippen molar-refractivity contribution >= 4 is 32.7 Å². The number of ether oxygens (including phenoxy) is 1. The second kappa shape index (κ2) is 8.17. The van der Waals surface area contributed by atoms with Gasteiger partial charge in [-0.1, -0.05) is 0 Å². The molecular formula is C20H25BrN4O2. The average molecular weight is 433 g/mol. The van der Waals surface area contributed by atoms with Crippen LogP contribution in [0.4, 0.5) is 5.82 Å². The van der Waals surface area contributed by atoms with Crippen LogP contribution in [0.5, 0.6) is 0 Å². The lowest BCUT2D eigenvalue weighted by Crippen LogP contribution is -2.44. The van der Waals surface area contributed by atoms with Crippen molar-refractivity contribution in [3.8, 4) is 6.07 Å². The lowest BCUT2D eigenvalue weighted by Gasteiger charge is -2.38. The first-order valence-corrected chi connectivity index (χ1v) is 10.5. The second-order valence-corrected chi connectivity index (χ2v) is 8.35. The normalized spacial score (nSPS) is 26.3. The van der Waals surface area contributed by atoms with Crippen molar-refractivity contribution in [2.24, 2.45) is 0 Å². The zero-order valence-corrected chi connectivity index (χ0v) is 17.2. The Kier molecular flexibility index (Phi) is 5.67. The number of nitrogens with one attached hydrogen (secondary N) is 1. The molecule has 0 bridgehead atoms. The molecule has 0 radical (unpaired) electrons. The highest BCUT2D eigenvalue weighted by atomic mass is 79.9. The van der Waals surface area contributed by atoms with Gasteiger partial charge in [0.1, 0.15) is 11.9 Å². The molecule has 1 saturated heterocycles. The van der Waals surface area contributed by atoms with Gasteiger partial charge in [-0.05, 0) is 61.0 Å². The third-order valence-corrected chi connectivity index (χ3v) is 6.72. The summed E-state index contributed by atoms with van der Waals surface area (Å²) < 4.78 is 11.7. The lowest BCUT2D eigenvalue weighted by atomic mass is 9.89.